The summed E-state index contributed by atoms with van der Waals surface area (Å²) in [6.45, 7) is 4.39. The van der Waals surface area contributed by atoms with Crippen molar-refractivity contribution in [3.63, 3.8) is 0 Å². The molecule has 6 rings (SSSR count). The zero-order valence-electron chi connectivity index (χ0n) is 21.5. The average Bonchev–Trinajstić information content (AvgIpc) is 3.46. The molecule has 2 N–H and O–H groups in total. The first-order chi connectivity index (χ1) is 17.5. The summed E-state index contributed by atoms with van der Waals surface area (Å²) in [6.07, 6.45) is 14.1. The minimum atomic E-state index is -0.624. The zero-order chi connectivity index (χ0) is 24.6. The smallest absolute Gasteiger partial charge is 0.306 e. The van der Waals surface area contributed by atoms with E-state index < -0.39 is 5.97 Å². The molecule has 2 aliphatic carbocycles. The van der Waals surface area contributed by atoms with Gasteiger partial charge < -0.3 is 20.2 Å². The molecule has 2 saturated carbocycles. The molecule has 196 valence electrons. The first-order valence-corrected chi connectivity index (χ1v) is 14.5. The topological polar surface area (TPSA) is 55.8 Å². The van der Waals surface area contributed by atoms with Gasteiger partial charge in [0.05, 0.1) is 12.1 Å². The van der Waals surface area contributed by atoms with Crippen LogP contribution >= 0.6 is 0 Å². The second-order valence-electron chi connectivity index (χ2n) is 12.3. The molecule has 0 aromatic heterocycles. The van der Waals surface area contributed by atoms with E-state index in [2.05, 4.69) is 27.4 Å². The Kier molecular flexibility index (Phi) is 6.98. The highest BCUT2D eigenvalue weighted by Crippen LogP contribution is 2.49. The summed E-state index contributed by atoms with van der Waals surface area (Å²) in [7, 11) is 0. The molecule has 3 heterocycles. The van der Waals surface area contributed by atoms with E-state index in [0.29, 0.717) is 23.9 Å². The van der Waals surface area contributed by atoms with E-state index in [0.717, 1.165) is 44.5 Å². The third-order valence-electron chi connectivity index (χ3n) is 9.94. The number of benzene rings is 1. The van der Waals surface area contributed by atoms with Crippen molar-refractivity contribution in [2.45, 2.75) is 76.3 Å². The van der Waals surface area contributed by atoms with E-state index in [1.807, 2.05) is 6.07 Å². The van der Waals surface area contributed by atoms with Gasteiger partial charge in [-0.2, -0.15) is 0 Å². The molecule has 4 fully saturated rings. The third kappa shape index (κ3) is 5.16. The number of carboxylic acid groups (broad SMARTS) is 1. The minimum Gasteiger partial charge on any atom is -0.481 e. The average molecular weight is 496 g/mol. The minimum absolute atomic E-state index is 0.183. The number of piperidine rings is 2. The summed E-state index contributed by atoms with van der Waals surface area (Å²) in [5.74, 6) is 1.04. The molecule has 6 heteroatoms. The number of nitrogens with one attached hydrogen (secondary N) is 1. The Hall–Kier alpha value is -2.08. The van der Waals surface area contributed by atoms with Crippen LogP contribution < -0.4 is 5.32 Å². The van der Waals surface area contributed by atoms with Crippen molar-refractivity contribution in [3.05, 3.63) is 47.5 Å². The molecule has 5 nitrogen and oxygen atoms in total. The van der Waals surface area contributed by atoms with Crippen LogP contribution in [0.5, 0.6) is 0 Å². The van der Waals surface area contributed by atoms with Crippen molar-refractivity contribution in [2.24, 2.45) is 29.6 Å². The number of aliphatic carboxylic acids is 1. The van der Waals surface area contributed by atoms with Crippen LogP contribution in [0.3, 0.4) is 0 Å². The van der Waals surface area contributed by atoms with Crippen LogP contribution in [0.1, 0.15) is 75.7 Å². The van der Waals surface area contributed by atoms with Gasteiger partial charge in [-0.1, -0.05) is 25.0 Å². The van der Waals surface area contributed by atoms with Crippen molar-refractivity contribution >= 4 is 5.97 Å². The predicted octanol–water partition coefficient (Wildman–Crippen LogP) is 5.41. The van der Waals surface area contributed by atoms with Crippen LogP contribution in [0.25, 0.3) is 0 Å². The Labute approximate surface area is 215 Å². The number of rotatable bonds is 8. The van der Waals surface area contributed by atoms with Gasteiger partial charge in [-0.25, -0.2) is 4.39 Å². The lowest BCUT2D eigenvalue weighted by molar-refractivity contribution is -0.144. The maximum Gasteiger partial charge on any atom is 0.306 e. The summed E-state index contributed by atoms with van der Waals surface area (Å²) in [5, 5.41) is 13.7. The van der Waals surface area contributed by atoms with Crippen molar-refractivity contribution in [2.75, 3.05) is 26.2 Å². The van der Waals surface area contributed by atoms with Gasteiger partial charge in [0.15, 0.2) is 0 Å². The van der Waals surface area contributed by atoms with Gasteiger partial charge in [-0.05, 0) is 106 Å². The highest BCUT2D eigenvalue weighted by Gasteiger charge is 2.44. The van der Waals surface area contributed by atoms with Crippen molar-refractivity contribution < 1.29 is 14.3 Å². The highest BCUT2D eigenvalue weighted by atomic mass is 19.1. The molecular weight excluding hydrogens is 453 g/mol. The summed E-state index contributed by atoms with van der Waals surface area (Å²) >= 11 is 0. The van der Waals surface area contributed by atoms with Crippen molar-refractivity contribution in [3.8, 4) is 0 Å². The van der Waals surface area contributed by atoms with Crippen LogP contribution in [-0.4, -0.2) is 53.2 Å². The Morgan fingerprint density at radius 2 is 1.92 bits per heavy atom. The Morgan fingerprint density at radius 1 is 1.08 bits per heavy atom. The molecule has 4 unspecified atom stereocenters. The van der Waals surface area contributed by atoms with E-state index >= 15 is 0 Å². The van der Waals surface area contributed by atoms with E-state index in [-0.39, 0.29) is 23.6 Å². The molecule has 0 radical (unpaired) electrons. The number of hydrogen-bond donors (Lipinski definition) is 2. The Bertz CT molecular complexity index is 971. The first kappa shape index (κ1) is 24.3. The van der Waals surface area contributed by atoms with E-state index in [1.165, 1.54) is 63.3 Å². The van der Waals surface area contributed by atoms with Crippen LogP contribution in [0.2, 0.25) is 0 Å². The predicted molar refractivity (Wildman–Crippen MR) is 139 cm³/mol. The van der Waals surface area contributed by atoms with Crippen molar-refractivity contribution in [1.29, 1.82) is 0 Å². The lowest BCUT2D eigenvalue weighted by atomic mass is 9.85. The van der Waals surface area contributed by atoms with Gasteiger partial charge in [0.25, 0.3) is 0 Å². The third-order valence-corrected chi connectivity index (χ3v) is 9.94. The molecule has 0 spiro atoms. The molecule has 3 aliphatic heterocycles. The molecule has 5 aliphatic rings. The molecule has 0 amide bonds. The number of carbonyl (C=O) groups is 1. The number of allylic oxidation sites excluding steroid dienone is 1. The molecule has 0 bridgehead atoms. The standard InChI is InChI=1S/C30H42FN3O2/c31-25-5-3-4-22(16-25)26-17-23(27(30(35)36)14-20-7-8-20)15-24(26)19-33-12-9-21(10-13-33)28-18-32-29-6-1-2-11-34(28)29/h3-5,16,18,20-21,23-24,26-27,29,32H,1-2,6-15,17,19H2,(H,35,36)/t23?,24?,26-,27?,29?/m1/s1. The lowest BCUT2D eigenvalue weighted by Gasteiger charge is -2.40. The number of halogens is 1. The van der Waals surface area contributed by atoms with Gasteiger partial charge >= 0.3 is 5.97 Å². The largest absolute Gasteiger partial charge is 0.481 e. The van der Waals surface area contributed by atoms with Crippen LogP contribution in [-0.2, 0) is 4.79 Å². The normalized spacial score (nSPS) is 32.1. The van der Waals surface area contributed by atoms with Gasteiger partial charge in [0, 0.05) is 30.9 Å². The fourth-order valence-electron chi connectivity index (χ4n) is 7.82. The molecule has 1 aromatic carbocycles. The fourth-order valence-corrected chi connectivity index (χ4v) is 7.82. The molecule has 36 heavy (non-hydrogen) atoms. The SMILES string of the molecule is O=C(O)C(CC1CC1)C1CC(CN2CCC(C3=CNC4CCCCN34)CC2)[C@@H](c2cccc(F)c2)C1. The molecule has 5 atom stereocenters. The number of hydrogen-bond acceptors (Lipinski definition) is 4. The monoisotopic (exact) mass is 495 g/mol. The second kappa shape index (κ2) is 10.4. The maximum atomic E-state index is 14.2. The first-order valence-electron chi connectivity index (χ1n) is 14.5. The molecule has 2 saturated heterocycles. The maximum absolute atomic E-state index is 14.2. The van der Waals surface area contributed by atoms with E-state index in [4.69, 9.17) is 0 Å². The quantitative estimate of drug-likeness (QED) is 0.505. The zero-order valence-corrected chi connectivity index (χ0v) is 21.5. The number of likely N-dealkylation sites (tertiary alicyclic amines) is 1. The Balaban J connectivity index is 1.11. The fraction of sp³-hybridized carbons (Fsp3) is 0.700. The van der Waals surface area contributed by atoms with Crippen LogP contribution in [0, 0.1) is 35.4 Å². The van der Waals surface area contributed by atoms with E-state index in [9.17, 15) is 14.3 Å². The summed E-state index contributed by atoms with van der Waals surface area (Å²) in [6, 6.07) is 7.08. The summed E-state index contributed by atoms with van der Waals surface area (Å²) in [5.41, 5.74) is 2.59. The number of carboxylic acids is 1. The summed E-state index contributed by atoms with van der Waals surface area (Å²) in [4.78, 5) is 17.5. The van der Waals surface area contributed by atoms with E-state index in [1.54, 1.807) is 6.07 Å². The van der Waals surface area contributed by atoms with Crippen LogP contribution in [0.4, 0.5) is 4.39 Å². The van der Waals surface area contributed by atoms with Gasteiger partial charge in [0.2, 0.25) is 0 Å². The highest BCUT2D eigenvalue weighted by molar-refractivity contribution is 5.70. The summed E-state index contributed by atoms with van der Waals surface area (Å²) < 4.78 is 14.2. The Morgan fingerprint density at radius 3 is 2.67 bits per heavy atom. The number of nitrogens with zero attached hydrogens (tertiary/aromatic N) is 2. The molecule has 1 aromatic rings. The van der Waals surface area contributed by atoms with Gasteiger partial charge in [0.1, 0.15) is 5.82 Å². The lowest BCUT2D eigenvalue weighted by Crippen LogP contribution is -2.44. The second-order valence-corrected chi connectivity index (χ2v) is 12.3. The van der Waals surface area contributed by atoms with Gasteiger partial charge in [-0.15, -0.1) is 0 Å². The van der Waals surface area contributed by atoms with Crippen LogP contribution in [0.15, 0.2) is 36.2 Å². The molecular formula is C30H42FN3O2. The van der Waals surface area contributed by atoms with Crippen molar-refractivity contribution in [1.82, 2.24) is 15.1 Å². The number of fused-ring (bicyclic) bond motifs is 1. The van der Waals surface area contributed by atoms with Gasteiger partial charge in [-0.3, -0.25) is 4.79 Å².